The van der Waals surface area contributed by atoms with Gasteiger partial charge < -0.3 is 13.7 Å². The minimum atomic E-state index is 0.0467. The van der Waals surface area contributed by atoms with E-state index in [0.29, 0.717) is 23.1 Å². The van der Waals surface area contributed by atoms with Crippen LogP contribution in [-0.2, 0) is 11.2 Å². The number of amides is 1. The Hall–Kier alpha value is -2.89. The number of furan rings is 1. The van der Waals surface area contributed by atoms with Crippen LogP contribution in [0.2, 0.25) is 0 Å². The molecule has 6 heteroatoms. The molecule has 1 aliphatic rings. The van der Waals surface area contributed by atoms with Crippen molar-refractivity contribution >= 4 is 5.91 Å². The first kappa shape index (κ1) is 15.6. The lowest BCUT2D eigenvalue weighted by molar-refractivity contribution is -0.131. The normalized spacial score (nSPS) is 17.2. The Morgan fingerprint density at radius 3 is 3.00 bits per heavy atom. The molecule has 1 saturated heterocycles. The molecule has 3 aromatic heterocycles. The highest BCUT2D eigenvalue weighted by atomic mass is 16.4. The average molecular weight is 337 g/mol. The SMILES string of the molecule is Cc1oc(-c2ccco2)nc1CC(=O)N1CCCC1c1ccccn1. The molecule has 1 aliphatic heterocycles. The summed E-state index contributed by atoms with van der Waals surface area (Å²) in [7, 11) is 0. The first-order valence-corrected chi connectivity index (χ1v) is 8.43. The molecular formula is C19H19N3O3. The molecule has 128 valence electrons. The predicted molar refractivity (Wildman–Crippen MR) is 90.6 cm³/mol. The molecule has 25 heavy (non-hydrogen) atoms. The Morgan fingerprint density at radius 1 is 1.32 bits per heavy atom. The summed E-state index contributed by atoms with van der Waals surface area (Å²) in [5, 5.41) is 0. The zero-order chi connectivity index (χ0) is 17.2. The first-order valence-electron chi connectivity index (χ1n) is 8.43. The summed E-state index contributed by atoms with van der Waals surface area (Å²) >= 11 is 0. The number of hydrogen-bond donors (Lipinski definition) is 0. The van der Waals surface area contributed by atoms with Crippen molar-refractivity contribution in [3.05, 3.63) is 59.9 Å². The lowest BCUT2D eigenvalue weighted by Crippen LogP contribution is -2.32. The number of pyridine rings is 1. The molecule has 0 aromatic carbocycles. The molecular weight excluding hydrogens is 318 g/mol. The largest absolute Gasteiger partial charge is 0.459 e. The lowest BCUT2D eigenvalue weighted by Gasteiger charge is -2.24. The Morgan fingerprint density at radius 2 is 2.24 bits per heavy atom. The van der Waals surface area contributed by atoms with Gasteiger partial charge in [-0.3, -0.25) is 9.78 Å². The maximum atomic E-state index is 12.8. The van der Waals surface area contributed by atoms with Gasteiger partial charge in [-0.05, 0) is 44.0 Å². The van der Waals surface area contributed by atoms with Gasteiger partial charge in [0, 0.05) is 12.7 Å². The van der Waals surface area contributed by atoms with E-state index in [2.05, 4.69) is 9.97 Å². The van der Waals surface area contributed by atoms with Gasteiger partial charge in [-0.1, -0.05) is 6.07 Å². The van der Waals surface area contributed by atoms with Crippen LogP contribution >= 0.6 is 0 Å². The summed E-state index contributed by atoms with van der Waals surface area (Å²) in [5.74, 6) is 1.67. The molecule has 0 saturated carbocycles. The summed E-state index contributed by atoms with van der Waals surface area (Å²) in [6.45, 7) is 2.57. The van der Waals surface area contributed by atoms with E-state index in [-0.39, 0.29) is 18.4 Å². The Labute approximate surface area is 145 Å². The fraction of sp³-hybridized carbons (Fsp3) is 0.316. The van der Waals surface area contributed by atoms with Crippen LogP contribution in [0.15, 0.2) is 51.6 Å². The van der Waals surface area contributed by atoms with E-state index >= 15 is 0 Å². The summed E-state index contributed by atoms with van der Waals surface area (Å²) in [4.78, 5) is 23.6. The van der Waals surface area contributed by atoms with E-state index in [4.69, 9.17) is 8.83 Å². The molecule has 4 heterocycles. The molecule has 0 aliphatic carbocycles. The Bertz CT molecular complexity index is 855. The van der Waals surface area contributed by atoms with Crippen LogP contribution in [0, 0.1) is 6.92 Å². The Balaban J connectivity index is 1.52. The number of hydrogen-bond acceptors (Lipinski definition) is 5. The number of nitrogens with zero attached hydrogens (tertiary/aromatic N) is 3. The topological polar surface area (TPSA) is 72.4 Å². The van der Waals surface area contributed by atoms with E-state index in [1.54, 1.807) is 24.6 Å². The van der Waals surface area contributed by atoms with Gasteiger partial charge in [0.05, 0.1) is 30.1 Å². The third-order valence-corrected chi connectivity index (χ3v) is 4.55. The summed E-state index contributed by atoms with van der Waals surface area (Å²) < 4.78 is 11.0. The third kappa shape index (κ3) is 3.07. The highest BCUT2D eigenvalue weighted by Gasteiger charge is 2.31. The zero-order valence-corrected chi connectivity index (χ0v) is 14.0. The first-order chi connectivity index (χ1) is 12.2. The zero-order valence-electron chi connectivity index (χ0n) is 14.0. The fourth-order valence-corrected chi connectivity index (χ4v) is 3.29. The van der Waals surface area contributed by atoms with Gasteiger partial charge in [0.2, 0.25) is 5.91 Å². The molecule has 0 radical (unpaired) electrons. The van der Waals surface area contributed by atoms with E-state index in [1.165, 1.54) is 0 Å². The molecule has 1 unspecified atom stereocenters. The second-order valence-electron chi connectivity index (χ2n) is 6.18. The summed E-state index contributed by atoms with van der Waals surface area (Å²) in [6, 6.07) is 9.44. The number of aryl methyl sites for hydroxylation is 1. The Kier molecular flexibility index (Phi) is 4.09. The minimum absolute atomic E-state index is 0.0467. The maximum absolute atomic E-state index is 12.8. The van der Waals surface area contributed by atoms with Crippen LogP contribution in [0.5, 0.6) is 0 Å². The number of likely N-dealkylation sites (tertiary alicyclic amines) is 1. The van der Waals surface area contributed by atoms with Crippen LogP contribution in [0.1, 0.15) is 36.0 Å². The number of oxazole rings is 1. The number of carbonyl (C=O) groups is 1. The monoisotopic (exact) mass is 337 g/mol. The molecule has 0 N–H and O–H groups in total. The maximum Gasteiger partial charge on any atom is 0.263 e. The second-order valence-corrected chi connectivity index (χ2v) is 6.18. The highest BCUT2D eigenvalue weighted by molar-refractivity contribution is 5.79. The number of carbonyl (C=O) groups excluding carboxylic acids is 1. The van der Waals surface area contributed by atoms with Crippen LogP contribution < -0.4 is 0 Å². The van der Waals surface area contributed by atoms with Gasteiger partial charge >= 0.3 is 0 Å². The van der Waals surface area contributed by atoms with Crippen molar-refractivity contribution in [2.24, 2.45) is 0 Å². The molecule has 6 nitrogen and oxygen atoms in total. The van der Waals surface area contributed by atoms with Crippen molar-refractivity contribution in [1.29, 1.82) is 0 Å². The van der Waals surface area contributed by atoms with Crippen LogP contribution in [-0.4, -0.2) is 27.3 Å². The van der Waals surface area contributed by atoms with E-state index < -0.39 is 0 Å². The molecule has 3 aromatic rings. The minimum Gasteiger partial charge on any atom is -0.459 e. The third-order valence-electron chi connectivity index (χ3n) is 4.55. The van der Waals surface area contributed by atoms with Crippen molar-refractivity contribution in [2.45, 2.75) is 32.2 Å². The van der Waals surface area contributed by atoms with Gasteiger partial charge in [0.25, 0.3) is 5.89 Å². The standard InChI is InChI=1S/C19H19N3O3/c1-13-15(21-19(25-13)17-8-5-11-24-17)12-18(23)22-10-4-7-16(22)14-6-2-3-9-20-14/h2-3,5-6,8-9,11,16H,4,7,10,12H2,1H3. The lowest BCUT2D eigenvalue weighted by atomic mass is 10.1. The summed E-state index contributed by atoms with van der Waals surface area (Å²) in [6.07, 6.45) is 5.50. The van der Waals surface area contributed by atoms with Crippen molar-refractivity contribution in [3.8, 4) is 11.7 Å². The van der Waals surface area contributed by atoms with Crippen LogP contribution in [0.4, 0.5) is 0 Å². The molecule has 0 bridgehead atoms. The number of aromatic nitrogens is 2. The molecule has 4 rings (SSSR count). The molecule has 0 spiro atoms. The quantitative estimate of drug-likeness (QED) is 0.728. The second kappa shape index (κ2) is 6.55. The van der Waals surface area contributed by atoms with Crippen molar-refractivity contribution in [2.75, 3.05) is 6.54 Å². The fourth-order valence-electron chi connectivity index (χ4n) is 3.29. The molecule has 1 atom stereocenters. The molecule has 1 fully saturated rings. The predicted octanol–water partition coefficient (Wildman–Crippen LogP) is 3.54. The average Bonchev–Trinajstić information content (AvgIpc) is 3.37. The van der Waals surface area contributed by atoms with Gasteiger partial charge in [-0.15, -0.1) is 0 Å². The van der Waals surface area contributed by atoms with E-state index in [9.17, 15) is 4.79 Å². The van der Waals surface area contributed by atoms with Gasteiger partial charge in [-0.2, -0.15) is 0 Å². The van der Waals surface area contributed by atoms with E-state index in [1.807, 2.05) is 30.0 Å². The van der Waals surface area contributed by atoms with Crippen molar-refractivity contribution < 1.29 is 13.6 Å². The smallest absolute Gasteiger partial charge is 0.263 e. The van der Waals surface area contributed by atoms with Crippen molar-refractivity contribution in [1.82, 2.24) is 14.9 Å². The number of rotatable bonds is 4. The van der Waals surface area contributed by atoms with E-state index in [0.717, 1.165) is 25.1 Å². The van der Waals surface area contributed by atoms with Crippen LogP contribution in [0.3, 0.4) is 0 Å². The molecule has 1 amide bonds. The van der Waals surface area contributed by atoms with Gasteiger partial charge in [0.15, 0.2) is 5.76 Å². The van der Waals surface area contributed by atoms with Gasteiger partial charge in [0.1, 0.15) is 5.76 Å². The van der Waals surface area contributed by atoms with Gasteiger partial charge in [-0.25, -0.2) is 4.98 Å². The highest BCUT2D eigenvalue weighted by Crippen LogP contribution is 2.31. The van der Waals surface area contributed by atoms with Crippen molar-refractivity contribution in [3.63, 3.8) is 0 Å². The van der Waals surface area contributed by atoms with Crippen LogP contribution in [0.25, 0.3) is 11.7 Å². The summed E-state index contributed by atoms with van der Waals surface area (Å²) in [5.41, 5.74) is 1.60.